The van der Waals surface area contributed by atoms with Gasteiger partial charge in [0.15, 0.2) is 11.6 Å². The molecule has 3 heterocycles. The van der Waals surface area contributed by atoms with Crippen LogP contribution in [-0.4, -0.2) is 19.9 Å². The lowest BCUT2D eigenvalue weighted by atomic mass is 10.2. The Morgan fingerprint density at radius 1 is 0.793 bits per heavy atom. The lowest BCUT2D eigenvalue weighted by molar-refractivity contribution is 0.469. The summed E-state index contributed by atoms with van der Waals surface area (Å²) in [4.78, 5) is 17.3. The molecule has 0 saturated carbocycles. The molecule has 7 heteroatoms. The monoisotopic (exact) mass is 380 g/mol. The molecule has 0 unspecified atom stereocenters. The molecule has 3 N–H and O–H groups in total. The number of para-hydroxylation sites is 1. The third-order valence-corrected chi connectivity index (χ3v) is 4.55. The fraction of sp³-hybridized carbons (Fsp3) is 0. The zero-order valence-corrected chi connectivity index (χ0v) is 15.3. The van der Waals surface area contributed by atoms with E-state index in [0.717, 1.165) is 27.5 Å². The van der Waals surface area contributed by atoms with Gasteiger partial charge in [-0.2, -0.15) is 4.98 Å². The van der Waals surface area contributed by atoms with Crippen LogP contribution < -0.4 is 15.8 Å². The minimum absolute atomic E-state index is 0.263. The van der Waals surface area contributed by atoms with Crippen molar-refractivity contribution in [2.45, 2.75) is 0 Å². The number of anilines is 3. The molecule has 0 fully saturated rings. The molecule has 0 amide bonds. The van der Waals surface area contributed by atoms with Gasteiger partial charge in [-0.15, -0.1) is 0 Å². The Kier molecular flexibility index (Phi) is 4.10. The van der Waals surface area contributed by atoms with E-state index in [-0.39, 0.29) is 5.88 Å². The highest BCUT2D eigenvalue weighted by molar-refractivity contribution is 5.93. The first kappa shape index (κ1) is 16.9. The van der Waals surface area contributed by atoms with E-state index in [0.29, 0.717) is 17.3 Å². The lowest BCUT2D eigenvalue weighted by Crippen LogP contribution is -2.03. The molecule has 0 spiro atoms. The minimum Gasteiger partial charge on any atom is -0.435 e. The van der Waals surface area contributed by atoms with Gasteiger partial charge in [0, 0.05) is 28.9 Å². The van der Waals surface area contributed by atoms with Crippen molar-refractivity contribution in [3.05, 3.63) is 79.4 Å². The maximum absolute atomic E-state index is 6.32. The number of pyridine rings is 2. The van der Waals surface area contributed by atoms with Crippen LogP contribution in [0, 0.1) is 0 Å². The van der Waals surface area contributed by atoms with E-state index in [1.54, 1.807) is 12.4 Å². The number of nitrogens with one attached hydrogen (secondary N) is 1. The van der Waals surface area contributed by atoms with Crippen molar-refractivity contribution >= 4 is 39.0 Å². The molecule has 29 heavy (non-hydrogen) atoms. The number of rotatable bonds is 4. The molecule has 5 rings (SSSR count). The largest absolute Gasteiger partial charge is 0.435 e. The van der Waals surface area contributed by atoms with Gasteiger partial charge >= 0.3 is 0 Å². The molecular weight excluding hydrogens is 364 g/mol. The van der Waals surface area contributed by atoms with E-state index >= 15 is 0 Å². The van der Waals surface area contributed by atoms with Crippen molar-refractivity contribution in [1.29, 1.82) is 0 Å². The molecule has 0 aliphatic rings. The molecule has 0 radical (unpaired) electrons. The number of hydrogen-bond acceptors (Lipinski definition) is 7. The fourth-order valence-corrected chi connectivity index (χ4v) is 3.16. The Hall–Kier alpha value is -4.26. The Labute approximate surface area is 166 Å². The molecule has 0 saturated heterocycles. The fourth-order valence-electron chi connectivity index (χ4n) is 3.16. The van der Waals surface area contributed by atoms with Crippen LogP contribution in [0.4, 0.5) is 17.2 Å². The van der Waals surface area contributed by atoms with Gasteiger partial charge in [-0.25, -0.2) is 4.98 Å². The summed E-state index contributed by atoms with van der Waals surface area (Å²) in [6, 6.07) is 19.3. The smallest absolute Gasteiger partial charge is 0.248 e. The normalized spacial score (nSPS) is 10.9. The second-order valence-corrected chi connectivity index (χ2v) is 6.38. The Morgan fingerprint density at radius 3 is 2.59 bits per heavy atom. The highest BCUT2D eigenvalue weighted by Crippen LogP contribution is 2.34. The first-order chi connectivity index (χ1) is 14.3. The van der Waals surface area contributed by atoms with Gasteiger partial charge in [0.1, 0.15) is 17.5 Å². The minimum atomic E-state index is 0.263. The molecule has 0 aliphatic heterocycles. The highest BCUT2D eigenvalue weighted by atomic mass is 16.5. The predicted octanol–water partition coefficient (Wildman–Crippen LogP) is 4.69. The van der Waals surface area contributed by atoms with E-state index in [4.69, 9.17) is 10.5 Å². The standard InChI is InChI=1S/C22H16N6O/c23-19-21(28-17-9-2-8-16-15(17)7-4-11-24-16)26-13-27-22(19)29-18-10-1-5-14-6-3-12-25-20(14)18/h1-13H,23H2,(H,26,27,28). The van der Waals surface area contributed by atoms with Crippen molar-refractivity contribution in [1.82, 2.24) is 19.9 Å². The van der Waals surface area contributed by atoms with Crippen LogP contribution in [0.3, 0.4) is 0 Å². The summed E-state index contributed by atoms with van der Waals surface area (Å²) >= 11 is 0. The van der Waals surface area contributed by atoms with Crippen LogP contribution in [0.1, 0.15) is 0 Å². The lowest BCUT2D eigenvalue weighted by Gasteiger charge is -2.13. The molecule has 2 aromatic carbocycles. The molecule has 0 bridgehead atoms. The van der Waals surface area contributed by atoms with Crippen molar-refractivity contribution in [2.75, 3.05) is 11.1 Å². The van der Waals surface area contributed by atoms with Crippen molar-refractivity contribution in [2.24, 2.45) is 0 Å². The topological polar surface area (TPSA) is 98.8 Å². The van der Waals surface area contributed by atoms with Gasteiger partial charge in [-0.05, 0) is 36.4 Å². The molecular formula is C22H16N6O. The zero-order valence-electron chi connectivity index (χ0n) is 15.3. The SMILES string of the molecule is Nc1c(Nc2cccc3ncccc23)ncnc1Oc1cccc2cccnc12. The van der Waals surface area contributed by atoms with Gasteiger partial charge in [0.05, 0.1) is 5.52 Å². The number of nitrogen functional groups attached to an aromatic ring is 1. The molecule has 3 aromatic heterocycles. The van der Waals surface area contributed by atoms with Gasteiger partial charge in [-0.1, -0.05) is 24.3 Å². The summed E-state index contributed by atoms with van der Waals surface area (Å²) in [7, 11) is 0. The van der Waals surface area contributed by atoms with Crippen LogP contribution in [0.2, 0.25) is 0 Å². The number of nitrogens with zero attached hydrogens (tertiary/aromatic N) is 4. The van der Waals surface area contributed by atoms with Crippen LogP contribution in [0.25, 0.3) is 21.8 Å². The van der Waals surface area contributed by atoms with E-state index in [2.05, 4.69) is 25.3 Å². The van der Waals surface area contributed by atoms with Crippen LogP contribution in [-0.2, 0) is 0 Å². The van der Waals surface area contributed by atoms with Gasteiger partial charge in [0.25, 0.3) is 0 Å². The number of aromatic nitrogens is 4. The van der Waals surface area contributed by atoms with Crippen molar-refractivity contribution < 1.29 is 4.74 Å². The number of fused-ring (bicyclic) bond motifs is 2. The Bertz CT molecular complexity index is 1230. The van der Waals surface area contributed by atoms with Gasteiger partial charge in [0.2, 0.25) is 5.88 Å². The van der Waals surface area contributed by atoms with E-state index in [9.17, 15) is 0 Å². The van der Waals surface area contributed by atoms with E-state index < -0.39 is 0 Å². The maximum Gasteiger partial charge on any atom is 0.248 e. The summed E-state index contributed by atoms with van der Waals surface area (Å²) in [6.45, 7) is 0. The summed E-state index contributed by atoms with van der Waals surface area (Å²) in [5.74, 6) is 1.30. The molecule has 0 atom stereocenters. The first-order valence-corrected chi connectivity index (χ1v) is 9.02. The number of nitrogens with two attached hydrogens (primary N) is 1. The molecule has 7 nitrogen and oxygen atoms in total. The third-order valence-electron chi connectivity index (χ3n) is 4.55. The summed E-state index contributed by atoms with van der Waals surface area (Å²) in [5.41, 5.74) is 9.09. The van der Waals surface area contributed by atoms with E-state index in [1.807, 2.05) is 60.7 Å². The Morgan fingerprint density at radius 2 is 1.62 bits per heavy atom. The first-order valence-electron chi connectivity index (χ1n) is 9.02. The molecule has 5 aromatic rings. The van der Waals surface area contributed by atoms with Gasteiger partial charge in [-0.3, -0.25) is 9.97 Å². The summed E-state index contributed by atoms with van der Waals surface area (Å²) in [6.07, 6.45) is 4.89. The summed E-state index contributed by atoms with van der Waals surface area (Å²) in [5, 5.41) is 5.20. The second-order valence-electron chi connectivity index (χ2n) is 6.38. The number of hydrogen-bond donors (Lipinski definition) is 2. The van der Waals surface area contributed by atoms with Crippen molar-refractivity contribution in [3.8, 4) is 11.6 Å². The summed E-state index contributed by atoms with van der Waals surface area (Å²) < 4.78 is 6.00. The number of benzene rings is 2. The second kappa shape index (κ2) is 7.05. The predicted molar refractivity (Wildman–Crippen MR) is 113 cm³/mol. The average molecular weight is 380 g/mol. The van der Waals surface area contributed by atoms with Crippen LogP contribution in [0.5, 0.6) is 11.6 Å². The highest BCUT2D eigenvalue weighted by Gasteiger charge is 2.13. The quantitative estimate of drug-likeness (QED) is 0.466. The van der Waals surface area contributed by atoms with E-state index in [1.165, 1.54) is 6.33 Å². The third kappa shape index (κ3) is 3.14. The zero-order chi connectivity index (χ0) is 19.6. The number of ether oxygens (including phenoxy) is 1. The molecule has 0 aliphatic carbocycles. The average Bonchev–Trinajstić information content (AvgIpc) is 2.77. The van der Waals surface area contributed by atoms with Crippen LogP contribution >= 0.6 is 0 Å². The van der Waals surface area contributed by atoms with Crippen LogP contribution in [0.15, 0.2) is 79.4 Å². The Balaban J connectivity index is 1.52. The molecule has 140 valence electrons. The maximum atomic E-state index is 6.32. The van der Waals surface area contributed by atoms with Gasteiger partial charge < -0.3 is 15.8 Å². The van der Waals surface area contributed by atoms with Crippen molar-refractivity contribution in [3.63, 3.8) is 0 Å².